The number of nitrogens with one attached hydrogen (secondary N) is 1. The number of hydrogen-bond donors (Lipinski definition) is 1. The van der Waals surface area contributed by atoms with Crippen LogP contribution >= 0.6 is 22.6 Å². The molecule has 0 aliphatic heterocycles. The third-order valence-electron chi connectivity index (χ3n) is 2.10. The lowest BCUT2D eigenvalue weighted by molar-refractivity contribution is 0.740. The summed E-state index contributed by atoms with van der Waals surface area (Å²) >= 11 is 2.34. The lowest BCUT2D eigenvalue weighted by Gasteiger charge is -2.16. The number of anilines is 1. The average molecular weight is 301 g/mol. The highest BCUT2D eigenvalue weighted by Crippen LogP contribution is 2.19. The molecule has 0 aromatic heterocycles. The van der Waals surface area contributed by atoms with Crippen molar-refractivity contribution >= 4 is 28.3 Å². The summed E-state index contributed by atoms with van der Waals surface area (Å²) in [5.74, 6) is 0. The Morgan fingerprint density at radius 3 is 2.79 bits per heavy atom. The number of halogens is 1. The molecule has 0 bridgehead atoms. The van der Waals surface area contributed by atoms with Crippen LogP contribution in [0.3, 0.4) is 0 Å². The van der Waals surface area contributed by atoms with E-state index in [1.807, 2.05) is 6.08 Å². The molecule has 1 aromatic rings. The monoisotopic (exact) mass is 301 g/mol. The van der Waals surface area contributed by atoms with Gasteiger partial charge in [-0.05, 0) is 41.1 Å². The Balaban J connectivity index is 2.66. The predicted molar refractivity (Wildman–Crippen MR) is 71.7 cm³/mol. The van der Waals surface area contributed by atoms with E-state index in [1.54, 1.807) is 0 Å². The van der Waals surface area contributed by atoms with Crippen LogP contribution in [0.5, 0.6) is 0 Å². The molecule has 0 unspecified atom stereocenters. The second kappa shape index (κ2) is 6.06. The standard InChI is InChI=1S/C12H16IN/c1-3-7-10(4-2)14-12-9-6-5-8-11(12)13/h4-6,8-10,14H,2-3,7H2,1H3/t10-/m0/s1. The van der Waals surface area contributed by atoms with Crippen LogP contribution < -0.4 is 5.32 Å². The minimum atomic E-state index is 0.385. The third-order valence-corrected chi connectivity index (χ3v) is 3.04. The van der Waals surface area contributed by atoms with Gasteiger partial charge in [-0.3, -0.25) is 0 Å². The molecule has 0 radical (unpaired) electrons. The van der Waals surface area contributed by atoms with Crippen LogP contribution in [0, 0.1) is 3.57 Å². The van der Waals surface area contributed by atoms with Crippen molar-refractivity contribution in [1.29, 1.82) is 0 Å². The van der Waals surface area contributed by atoms with Crippen LogP contribution in [0.25, 0.3) is 0 Å². The van der Waals surface area contributed by atoms with E-state index >= 15 is 0 Å². The van der Waals surface area contributed by atoms with Crippen LogP contribution in [0.15, 0.2) is 36.9 Å². The van der Waals surface area contributed by atoms with Crippen LogP contribution in [-0.2, 0) is 0 Å². The molecule has 0 spiro atoms. The summed E-state index contributed by atoms with van der Waals surface area (Å²) in [6.07, 6.45) is 4.29. The van der Waals surface area contributed by atoms with Gasteiger partial charge in [0.05, 0.1) is 0 Å². The zero-order chi connectivity index (χ0) is 10.4. The summed E-state index contributed by atoms with van der Waals surface area (Å²) < 4.78 is 1.26. The van der Waals surface area contributed by atoms with Crippen molar-refractivity contribution in [2.24, 2.45) is 0 Å². The van der Waals surface area contributed by atoms with Crippen LogP contribution in [0.2, 0.25) is 0 Å². The van der Waals surface area contributed by atoms with Gasteiger partial charge in [-0.2, -0.15) is 0 Å². The molecule has 0 heterocycles. The van der Waals surface area contributed by atoms with Gasteiger partial charge in [0.25, 0.3) is 0 Å². The van der Waals surface area contributed by atoms with Crippen molar-refractivity contribution in [1.82, 2.24) is 0 Å². The summed E-state index contributed by atoms with van der Waals surface area (Å²) in [6.45, 7) is 6.03. The largest absolute Gasteiger partial charge is 0.378 e. The number of benzene rings is 1. The minimum absolute atomic E-state index is 0.385. The lowest BCUT2D eigenvalue weighted by Crippen LogP contribution is -2.16. The Labute approximate surface area is 99.7 Å². The van der Waals surface area contributed by atoms with E-state index in [0.29, 0.717) is 6.04 Å². The maximum atomic E-state index is 3.84. The first-order valence-electron chi connectivity index (χ1n) is 4.91. The van der Waals surface area contributed by atoms with Gasteiger partial charge in [-0.1, -0.05) is 31.6 Å². The lowest BCUT2D eigenvalue weighted by atomic mass is 10.1. The molecule has 1 aromatic carbocycles. The van der Waals surface area contributed by atoms with E-state index in [0.717, 1.165) is 6.42 Å². The molecule has 1 rings (SSSR count). The van der Waals surface area contributed by atoms with Gasteiger partial charge in [0.15, 0.2) is 0 Å². The Kier molecular flexibility index (Phi) is 5.01. The predicted octanol–water partition coefficient (Wildman–Crippen LogP) is 4.06. The molecule has 0 aliphatic rings. The number of para-hydroxylation sites is 1. The highest BCUT2D eigenvalue weighted by Gasteiger charge is 2.04. The number of rotatable bonds is 5. The summed E-state index contributed by atoms with van der Waals surface area (Å²) in [7, 11) is 0. The molecule has 0 saturated heterocycles. The fourth-order valence-electron chi connectivity index (χ4n) is 1.34. The van der Waals surface area contributed by atoms with Crippen molar-refractivity contribution < 1.29 is 0 Å². The van der Waals surface area contributed by atoms with Crippen molar-refractivity contribution in [3.8, 4) is 0 Å². The fourth-order valence-corrected chi connectivity index (χ4v) is 1.88. The van der Waals surface area contributed by atoms with Crippen LogP contribution in [0.1, 0.15) is 19.8 Å². The molecule has 14 heavy (non-hydrogen) atoms. The minimum Gasteiger partial charge on any atom is -0.378 e. The van der Waals surface area contributed by atoms with E-state index in [9.17, 15) is 0 Å². The SMILES string of the molecule is C=C[C@@H](CCC)Nc1ccccc1I. The summed E-state index contributed by atoms with van der Waals surface area (Å²) in [5.41, 5.74) is 1.20. The molecular formula is C12H16IN. The van der Waals surface area contributed by atoms with Crippen molar-refractivity contribution in [2.45, 2.75) is 25.8 Å². The smallest absolute Gasteiger partial charge is 0.0480 e. The van der Waals surface area contributed by atoms with Gasteiger partial charge in [-0.25, -0.2) is 0 Å². The van der Waals surface area contributed by atoms with Crippen molar-refractivity contribution in [2.75, 3.05) is 5.32 Å². The van der Waals surface area contributed by atoms with E-state index in [1.165, 1.54) is 15.7 Å². The molecule has 1 atom stereocenters. The van der Waals surface area contributed by atoms with E-state index in [4.69, 9.17) is 0 Å². The molecule has 1 N–H and O–H groups in total. The normalized spacial score (nSPS) is 12.1. The summed E-state index contributed by atoms with van der Waals surface area (Å²) in [6, 6.07) is 8.70. The maximum Gasteiger partial charge on any atom is 0.0480 e. The van der Waals surface area contributed by atoms with Crippen molar-refractivity contribution in [3.05, 3.63) is 40.5 Å². The topological polar surface area (TPSA) is 12.0 Å². The first kappa shape index (κ1) is 11.6. The first-order chi connectivity index (χ1) is 6.77. The first-order valence-corrected chi connectivity index (χ1v) is 5.99. The van der Waals surface area contributed by atoms with Gasteiger partial charge in [0, 0.05) is 15.3 Å². The molecule has 76 valence electrons. The highest BCUT2D eigenvalue weighted by molar-refractivity contribution is 14.1. The molecule has 0 saturated carbocycles. The van der Waals surface area contributed by atoms with Crippen LogP contribution in [0.4, 0.5) is 5.69 Å². The van der Waals surface area contributed by atoms with E-state index in [2.05, 4.69) is 65.7 Å². The molecule has 0 amide bonds. The summed E-state index contributed by atoms with van der Waals surface area (Å²) in [4.78, 5) is 0. The van der Waals surface area contributed by atoms with Gasteiger partial charge >= 0.3 is 0 Å². The second-order valence-electron chi connectivity index (χ2n) is 3.26. The van der Waals surface area contributed by atoms with Gasteiger partial charge in [0.1, 0.15) is 0 Å². The van der Waals surface area contributed by atoms with E-state index in [-0.39, 0.29) is 0 Å². The quantitative estimate of drug-likeness (QED) is 0.639. The number of hydrogen-bond acceptors (Lipinski definition) is 1. The zero-order valence-corrected chi connectivity index (χ0v) is 10.6. The Hall–Kier alpha value is -0.510. The van der Waals surface area contributed by atoms with Crippen molar-refractivity contribution in [3.63, 3.8) is 0 Å². The average Bonchev–Trinajstić information content (AvgIpc) is 2.20. The molecule has 2 heteroatoms. The van der Waals surface area contributed by atoms with E-state index < -0.39 is 0 Å². The molecule has 1 nitrogen and oxygen atoms in total. The Morgan fingerprint density at radius 2 is 2.21 bits per heavy atom. The molecular weight excluding hydrogens is 285 g/mol. The zero-order valence-electron chi connectivity index (χ0n) is 8.46. The summed E-state index contributed by atoms with van der Waals surface area (Å²) in [5, 5.41) is 3.47. The van der Waals surface area contributed by atoms with Gasteiger partial charge in [-0.15, -0.1) is 6.58 Å². The second-order valence-corrected chi connectivity index (χ2v) is 4.42. The molecule has 0 fully saturated rings. The Morgan fingerprint density at radius 1 is 1.50 bits per heavy atom. The van der Waals surface area contributed by atoms with Gasteiger partial charge in [0.2, 0.25) is 0 Å². The van der Waals surface area contributed by atoms with Crippen LogP contribution in [-0.4, -0.2) is 6.04 Å². The third kappa shape index (κ3) is 3.33. The molecule has 0 aliphatic carbocycles. The maximum absolute atomic E-state index is 3.84. The van der Waals surface area contributed by atoms with Gasteiger partial charge < -0.3 is 5.32 Å². The fraction of sp³-hybridized carbons (Fsp3) is 0.333. The Bertz CT molecular complexity index is 296. The highest BCUT2D eigenvalue weighted by atomic mass is 127.